The first kappa shape index (κ1) is 16.2. The number of carbonyl (C=O) groups excluding carboxylic acids is 1. The van der Waals surface area contributed by atoms with E-state index >= 15 is 0 Å². The number of hydrogen-bond acceptors (Lipinski definition) is 4. The summed E-state index contributed by atoms with van der Waals surface area (Å²) >= 11 is 0. The van der Waals surface area contributed by atoms with Crippen LogP contribution in [0.1, 0.15) is 33.6 Å². The first-order valence-electron chi connectivity index (χ1n) is 5.32. The van der Waals surface area contributed by atoms with E-state index in [1.165, 1.54) is 0 Å². The Balaban J connectivity index is 4.78. The standard InChI is InChI=1S/C10H18F3NO3/c1-4-5-6-17-8(16)9(2,3)10(11,7-15)14(12)13/h15H,4-7H2,1-3H3/t10-/m1/s1. The molecule has 102 valence electrons. The average molecular weight is 257 g/mol. The van der Waals surface area contributed by atoms with Crippen LogP contribution in [0.3, 0.4) is 0 Å². The third-order valence-electron chi connectivity index (χ3n) is 2.68. The molecule has 1 N–H and O–H groups in total. The van der Waals surface area contributed by atoms with Gasteiger partial charge in [0.05, 0.1) is 18.6 Å². The van der Waals surface area contributed by atoms with Gasteiger partial charge in [-0.25, -0.2) is 4.39 Å². The van der Waals surface area contributed by atoms with E-state index in [0.717, 1.165) is 20.3 Å². The molecule has 0 aromatic carbocycles. The smallest absolute Gasteiger partial charge is 0.316 e. The summed E-state index contributed by atoms with van der Waals surface area (Å²) in [4.78, 5) is 11.5. The Morgan fingerprint density at radius 2 is 1.94 bits per heavy atom. The minimum atomic E-state index is -3.46. The molecule has 0 rings (SSSR count). The summed E-state index contributed by atoms with van der Waals surface area (Å²) in [7, 11) is 0. The van der Waals surface area contributed by atoms with Crippen molar-refractivity contribution in [1.29, 1.82) is 0 Å². The summed E-state index contributed by atoms with van der Waals surface area (Å²) < 4.78 is 43.3. The van der Waals surface area contributed by atoms with Crippen molar-refractivity contribution in [3.05, 3.63) is 0 Å². The lowest BCUT2D eigenvalue weighted by molar-refractivity contribution is -0.322. The monoisotopic (exact) mass is 257 g/mol. The number of hydrogen-bond donors (Lipinski definition) is 1. The van der Waals surface area contributed by atoms with Crippen molar-refractivity contribution >= 4 is 5.97 Å². The third-order valence-corrected chi connectivity index (χ3v) is 2.68. The molecule has 7 heteroatoms. The molecule has 0 saturated carbocycles. The minimum Gasteiger partial charge on any atom is -0.465 e. The number of aliphatic hydroxyl groups is 1. The van der Waals surface area contributed by atoms with E-state index in [-0.39, 0.29) is 6.61 Å². The van der Waals surface area contributed by atoms with E-state index in [1.54, 1.807) is 0 Å². The molecule has 1 atom stereocenters. The number of nitrogens with zero attached hydrogens (tertiary/aromatic N) is 1. The van der Waals surface area contributed by atoms with Crippen LogP contribution in [0.15, 0.2) is 0 Å². The van der Waals surface area contributed by atoms with Crippen molar-refractivity contribution in [2.45, 2.75) is 39.4 Å². The Hall–Kier alpha value is -0.820. The van der Waals surface area contributed by atoms with Gasteiger partial charge in [-0.05, 0) is 20.3 Å². The van der Waals surface area contributed by atoms with Gasteiger partial charge in [-0.3, -0.25) is 4.79 Å². The lowest BCUT2D eigenvalue weighted by atomic mass is 9.83. The van der Waals surface area contributed by atoms with Crippen molar-refractivity contribution < 1.29 is 28.0 Å². The topological polar surface area (TPSA) is 49.8 Å². The molecule has 0 aromatic rings. The normalized spacial score (nSPS) is 15.8. The highest BCUT2D eigenvalue weighted by Crippen LogP contribution is 2.39. The van der Waals surface area contributed by atoms with Gasteiger partial charge in [-0.15, -0.1) is 0 Å². The molecule has 0 bridgehead atoms. The maximum Gasteiger partial charge on any atom is 0.316 e. The quantitative estimate of drug-likeness (QED) is 0.328. The highest BCUT2D eigenvalue weighted by Gasteiger charge is 2.58. The molecule has 4 nitrogen and oxygen atoms in total. The Morgan fingerprint density at radius 1 is 1.41 bits per heavy atom. The van der Waals surface area contributed by atoms with Gasteiger partial charge in [-0.2, -0.15) is 0 Å². The van der Waals surface area contributed by atoms with Gasteiger partial charge < -0.3 is 9.84 Å². The maximum absolute atomic E-state index is 13.8. The highest BCUT2D eigenvalue weighted by molar-refractivity contribution is 5.77. The fourth-order valence-electron chi connectivity index (χ4n) is 1.11. The summed E-state index contributed by atoms with van der Waals surface area (Å²) in [6.45, 7) is 2.32. The lowest BCUT2D eigenvalue weighted by Crippen LogP contribution is -2.55. The highest BCUT2D eigenvalue weighted by atomic mass is 19.4. The zero-order chi connectivity index (χ0) is 13.7. The van der Waals surface area contributed by atoms with Crippen LogP contribution in [-0.2, 0) is 9.53 Å². The van der Waals surface area contributed by atoms with Crippen LogP contribution >= 0.6 is 0 Å². The molecule has 0 saturated heterocycles. The molecular weight excluding hydrogens is 239 g/mol. The average Bonchev–Trinajstić information content (AvgIpc) is 2.27. The number of halogens is 3. The number of unbranched alkanes of at least 4 members (excludes halogenated alkanes) is 1. The number of carbonyl (C=O) groups is 1. The van der Waals surface area contributed by atoms with E-state index in [2.05, 4.69) is 0 Å². The van der Waals surface area contributed by atoms with E-state index in [1.807, 2.05) is 6.92 Å². The predicted molar refractivity (Wildman–Crippen MR) is 54.6 cm³/mol. The molecule has 0 unspecified atom stereocenters. The van der Waals surface area contributed by atoms with Crippen LogP contribution in [0.5, 0.6) is 0 Å². The number of rotatable bonds is 7. The number of alkyl halides is 1. The first-order valence-corrected chi connectivity index (χ1v) is 5.32. The summed E-state index contributed by atoms with van der Waals surface area (Å²) in [6.07, 6.45) is 1.32. The van der Waals surface area contributed by atoms with Gasteiger partial charge in [0.25, 0.3) is 5.79 Å². The zero-order valence-corrected chi connectivity index (χ0v) is 10.2. The van der Waals surface area contributed by atoms with Crippen molar-refractivity contribution in [2.75, 3.05) is 13.2 Å². The summed E-state index contributed by atoms with van der Waals surface area (Å²) in [5.41, 5.74) is -2.17. The molecule has 0 aliphatic heterocycles. The molecule has 0 aliphatic rings. The number of aliphatic hydroxyl groups excluding tert-OH is 1. The SMILES string of the molecule is CCCCOC(=O)C(C)(C)[C@@](F)(CO)N(F)F. The van der Waals surface area contributed by atoms with E-state index in [4.69, 9.17) is 9.84 Å². The van der Waals surface area contributed by atoms with E-state index < -0.39 is 29.1 Å². The molecular formula is C10H18F3NO3. The van der Waals surface area contributed by atoms with Crippen LogP contribution in [0.25, 0.3) is 0 Å². The Morgan fingerprint density at radius 3 is 2.29 bits per heavy atom. The van der Waals surface area contributed by atoms with Gasteiger partial charge in [0.15, 0.2) is 0 Å². The predicted octanol–water partition coefficient (Wildman–Crippen LogP) is 2.09. The fraction of sp³-hybridized carbons (Fsp3) is 0.900. The second-order valence-corrected chi connectivity index (χ2v) is 4.26. The van der Waals surface area contributed by atoms with Crippen molar-refractivity contribution in [2.24, 2.45) is 5.41 Å². The van der Waals surface area contributed by atoms with Gasteiger partial charge >= 0.3 is 5.97 Å². The van der Waals surface area contributed by atoms with Gasteiger partial charge in [-0.1, -0.05) is 22.3 Å². The second kappa shape index (κ2) is 6.20. The summed E-state index contributed by atoms with van der Waals surface area (Å²) in [5, 5.41) is 6.91. The first-order chi connectivity index (χ1) is 7.74. The van der Waals surface area contributed by atoms with Gasteiger partial charge in [0, 0.05) is 0 Å². The van der Waals surface area contributed by atoms with Gasteiger partial charge in [0.1, 0.15) is 5.41 Å². The summed E-state index contributed by atoms with van der Waals surface area (Å²) in [6, 6.07) is 0. The van der Waals surface area contributed by atoms with Crippen molar-refractivity contribution in [1.82, 2.24) is 5.34 Å². The van der Waals surface area contributed by atoms with Crippen LogP contribution < -0.4 is 0 Å². The Bertz CT molecular complexity index is 261. The molecule has 0 radical (unpaired) electrons. The number of esters is 1. The Labute approximate surface area is 98.2 Å². The largest absolute Gasteiger partial charge is 0.465 e. The van der Waals surface area contributed by atoms with Gasteiger partial charge in [0.2, 0.25) is 0 Å². The van der Waals surface area contributed by atoms with Crippen LogP contribution in [0.2, 0.25) is 0 Å². The molecule has 17 heavy (non-hydrogen) atoms. The van der Waals surface area contributed by atoms with Crippen LogP contribution in [-0.4, -0.2) is 35.4 Å². The van der Waals surface area contributed by atoms with E-state index in [9.17, 15) is 18.1 Å². The molecule has 0 aromatic heterocycles. The molecule has 0 fully saturated rings. The fourth-order valence-corrected chi connectivity index (χ4v) is 1.11. The third kappa shape index (κ3) is 3.32. The van der Waals surface area contributed by atoms with Crippen molar-refractivity contribution in [3.63, 3.8) is 0 Å². The molecule has 0 aliphatic carbocycles. The lowest BCUT2D eigenvalue weighted by Gasteiger charge is -2.35. The maximum atomic E-state index is 13.8. The van der Waals surface area contributed by atoms with Crippen molar-refractivity contribution in [3.8, 4) is 0 Å². The van der Waals surface area contributed by atoms with E-state index in [0.29, 0.717) is 6.42 Å². The van der Waals surface area contributed by atoms with Crippen LogP contribution in [0.4, 0.5) is 13.4 Å². The second-order valence-electron chi connectivity index (χ2n) is 4.26. The minimum absolute atomic E-state index is 0.0405. The molecule has 0 heterocycles. The molecule has 0 spiro atoms. The van der Waals surface area contributed by atoms with Crippen LogP contribution in [0, 0.1) is 5.41 Å². The molecule has 0 amide bonds. The number of ether oxygens (including phenoxy) is 1. The zero-order valence-electron chi connectivity index (χ0n) is 10.2. The Kier molecular flexibility index (Phi) is 5.91. The summed E-state index contributed by atoms with van der Waals surface area (Å²) in [5.74, 6) is -4.57.